The second-order valence-electron chi connectivity index (χ2n) is 25.9. The Morgan fingerprint density at radius 2 is 0.758 bits per heavy atom. The van der Waals surface area contributed by atoms with Crippen LogP contribution < -0.4 is 38.2 Å². The van der Waals surface area contributed by atoms with Gasteiger partial charge in [-0.15, -0.1) is 0 Å². The van der Waals surface area contributed by atoms with Gasteiger partial charge in [-0.05, 0) is 232 Å². The number of hydrogen-bond donors (Lipinski definition) is 3. The third-order valence-corrected chi connectivity index (χ3v) is 17.1. The molecule has 26 heteroatoms. The normalized spacial score (nSPS) is 11.8. The monoisotopic (exact) mass is 1700 g/mol. The van der Waals surface area contributed by atoms with Crippen molar-refractivity contribution >= 4 is 104 Å². The standard InChI is InChI=1S/2C22H28N2O5.C15H20INO4.2C7H8INO/c1-14-11-19(25)24(5)13-17(14)16-9-7-15(8-10-16)12-18(20(26)28-6)23-21(27)29-22(2,3)4;1-14-11-12-24(5)19(25)18(14)16-9-7-15(8-10-16)13-17(20(26)28-6)23-21(27)29-22(2,3)4;1-15(2,3)21-14(19)17-12(13(18)20-4)9-10-5-7-11(16)8-6-10;1-5-3-7(10)9(2)4-6(5)8;1-5-3-4-9(2)7(10)6(5)8/h7-11,13,18H,12H2,1-6H3,(H,23,27);7-12,17H,13H2,1-6H3,(H,23,27);5-8,12H,9H2,1-4H3,(H,17,19);2*3-4H,1-2H3. The number of carbonyl (C=O) groups is 6. The molecule has 3 unspecified atom stereocenters. The lowest BCUT2D eigenvalue weighted by Crippen LogP contribution is -2.45. The number of rotatable bonds is 14. The quantitative estimate of drug-likeness (QED) is 0.0518. The first-order chi connectivity index (χ1) is 46.0. The van der Waals surface area contributed by atoms with Crippen molar-refractivity contribution in [2.45, 2.75) is 144 Å². The fraction of sp³-hybridized carbons (Fsp3) is 0.397. The molecular weight excluding hydrogens is 1610 g/mol. The van der Waals surface area contributed by atoms with E-state index in [9.17, 15) is 47.9 Å². The first kappa shape index (κ1) is 85.1. The smallest absolute Gasteiger partial charge is 0.408 e. The predicted octanol–water partition coefficient (Wildman–Crippen LogP) is 11.4. The maximum Gasteiger partial charge on any atom is 0.408 e. The number of nitrogens with one attached hydrogen (secondary N) is 3. The zero-order valence-corrected chi connectivity index (χ0v) is 66.3. The Morgan fingerprint density at radius 1 is 0.424 bits per heavy atom. The second-order valence-corrected chi connectivity index (χ2v) is 29.4. The molecule has 0 spiro atoms. The number of halogens is 3. The van der Waals surface area contributed by atoms with Gasteiger partial charge in [0.15, 0.2) is 0 Å². The van der Waals surface area contributed by atoms with E-state index < -0.39 is 71.1 Å². The van der Waals surface area contributed by atoms with Crippen molar-refractivity contribution in [3.8, 4) is 22.3 Å². The topological polar surface area (TPSA) is 282 Å². The number of hydrogen-bond acceptors (Lipinski definition) is 16. The van der Waals surface area contributed by atoms with Crippen LogP contribution in [0.1, 0.15) is 101 Å². The van der Waals surface area contributed by atoms with Crippen LogP contribution in [0.4, 0.5) is 14.4 Å². The molecule has 7 rings (SSSR count). The van der Waals surface area contributed by atoms with Crippen LogP contribution in [0.2, 0.25) is 0 Å². The first-order valence-corrected chi connectivity index (χ1v) is 34.3. The Balaban J connectivity index is 0.000000341. The Hall–Kier alpha value is -8.13. The van der Waals surface area contributed by atoms with Gasteiger partial charge in [-0.3, -0.25) is 19.2 Å². The van der Waals surface area contributed by atoms with Crippen LogP contribution in [0.15, 0.2) is 141 Å². The van der Waals surface area contributed by atoms with E-state index in [0.717, 1.165) is 66.3 Å². The average molecular weight is 1700 g/mol. The highest BCUT2D eigenvalue weighted by Gasteiger charge is 2.28. The molecule has 0 bridgehead atoms. The molecule has 4 aromatic heterocycles. The number of aromatic nitrogens is 4. The van der Waals surface area contributed by atoms with Gasteiger partial charge < -0.3 is 62.6 Å². The van der Waals surface area contributed by atoms with Crippen LogP contribution in [0.3, 0.4) is 0 Å². The first-order valence-electron chi connectivity index (χ1n) is 31.1. The number of methoxy groups -OCH3 is 3. The van der Waals surface area contributed by atoms with Crippen LogP contribution in [0, 0.1) is 38.4 Å². The van der Waals surface area contributed by atoms with Gasteiger partial charge in [0.05, 0.1) is 30.5 Å². The van der Waals surface area contributed by atoms with Crippen molar-refractivity contribution in [2.24, 2.45) is 28.2 Å². The Bertz CT molecular complexity index is 4160. The summed E-state index contributed by atoms with van der Waals surface area (Å²) in [6, 6.07) is 27.2. The minimum Gasteiger partial charge on any atom is -0.467 e. The number of amides is 3. The highest BCUT2D eigenvalue weighted by Crippen LogP contribution is 2.24. The Morgan fingerprint density at radius 3 is 1.11 bits per heavy atom. The van der Waals surface area contributed by atoms with E-state index in [0.29, 0.717) is 12.0 Å². The lowest BCUT2D eigenvalue weighted by molar-refractivity contribution is -0.143. The molecule has 3 aromatic carbocycles. The van der Waals surface area contributed by atoms with Gasteiger partial charge in [0.1, 0.15) is 34.9 Å². The summed E-state index contributed by atoms with van der Waals surface area (Å²) in [6.07, 6.45) is 5.99. The molecule has 0 saturated heterocycles. The number of nitrogens with zero attached hydrogens (tertiary/aromatic N) is 4. The number of benzene rings is 3. The van der Waals surface area contributed by atoms with Gasteiger partial charge >= 0.3 is 36.2 Å². The van der Waals surface area contributed by atoms with Gasteiger partial charge in [-0.2, -0.15) is 0 Å². The van der Waals surface area contributed by atoms with Crippen LogP contribution in [-0.4, -0.2) is 111 Å². The molecule has 7 aromatic rings. The lowest BCUT2D eigenvalue weighted by Gasteiger charge is -2.22. The van der Waals surface area contributed by atoms with Crippen LogP contribution in [0.25, 0.3) is 22.3 Å². The van der Waals surface area contributed by atoms with Crippen molar-refractivity contribution in [1.82, 2.24) is 34.2 Å². The summed E-state index contributed by atoms with van der Waals surface area (Å²) in [7, 11) is 10.8. The molecule has 3 atom stereocenters. The van der Waals surface area contributed by atoms with E-state index in [-0.39, 0.29) is 35.1 Å². The minimum atomic E-state index is -0.882. The molecule has 23 nitrogen and oxygen atoms in total. The summed E-state index contributed by atoms with van der Waals surface area (Å²) in [4.78, 5) is 118. The Labute approximate surface area is 619 Å². The van der Waals surface area contributed by atoms with Crippen molar-refractivity contribution in [3.63, 3.8) is 0 Å². The summed E-state index contributed by atoms with van der Waals surface area (Å²) in [5.74, 6) is -1.61. The largest absolute Gasteiger partial charge is 0.467 e. The molecule has 0 aliphatic rings. The van der Waals surface area contributed by atoms with Crippen molar-refractivity contribution in [1.29, 1.82) is 0 Å². The predicted molar refractivity (Wildman–Crippen MR) is 408 cm³/mol. The zero-order chi connectivity index (χ0) is 75.0. The molecular formula is C73H92I3N7O16. The van der Waals surface area contributed by atoms with Gasteiger partial charge in [-0.1, -0.05) is 60.7 Å². The number of pyridine rings is 4. The molecule has 3 amide bonds. The van der Waals surface area contributed by atoms with E-state index in [1.165, 1.54) is 30.5 Å². The fourth-order valence-corrected chi connectivity index (χ4v) is 10.3. The van der Waals surface area contributed by atoms with E-state index in [4.69, 9.17) is 28.4 Å². The van der Waals surface area contributed by atoms with Gasteiger partial charge in [0.2, 0.25) is 0 Å². The van der Waals surface area contributed by atoms with Crippen molar-refractivity contribution in [3.05, 3.63) is 213 Å². The average Bonchev–Trinajstić information content (AvgIpc) is 0.827. The van der Waals surface area contributed by atoms with Crippen LogP contribution >= 0.6 is 67.8 Å². The SMILES string of the molecule is COC(=O)C(Cc1ccc(-c2c(C)ccn(C)c2=O)cc1)NC(=O)OC(C)(C)C.COC(=O)C(Cc1ccc(-c2cn(C)c(=O)cc2C)cc1)NC(=O)OC(C)(C)C.COC(=O)C(Cc1ccc(I)cc1)NC(=O)OC(C)(C)C.Cc1cc(=O)n(C)cc1I.Cc1ccn(C)c(=O)c1I. The van der Waals surface area contributed by atoms with E-state index >= 15 is 0 Å². The zero-order valence-electron chi connectivity index (χ0n) is 59.9. The molecule has 0 radical (unpaired) electrons. The number of ether oxygens (including phenoxy) is 6. The third kappa shape index (κ3) is 29.7. The summed E-state index contributed by atoms with van der Waals surface area (Å²) in [5, 5.41) is 7.67. The van der Waals surface area contributed by atoms with Crippen LogP contribution in [0.5, 0.6) is 0 Å². The maximum absolute atomic E-state index is 12.5. The molecule has 99 heavy (non-hydrogen) atoms. The van der Waals surface area contributed by atoms with Gasteiger partial charge in [-0.25, -0.2) is 28.8 Å². The minimum absolute atomic E-state index is 0.0536. The van der Waals surface area contributed by atoms with Crippen LogP contribution in [-0.2, 0) is 90.3 Å². The van der Waals surface area contributed by atoms with E-state index in [1.807, 2.05) is 119 Å². The van der Waals surface area contributed by atoms with Gasteiger partial charge in [0.25, 0.3) is 22.2 Å². The fourth-order valence-electron chi connectivity index (χ4n) is 8.79. The summed E-state index contributed by atoms with van der Waals surface area (Å²) >= 11 is 6.47. The number of aryl methyl sites for hydroxylation is 8. The highest BCUT2D eigenvalue weighted by atomic mass is 127. The number of alkyl carbamates (subject to hydrolysis) is 3. The second kappa shape index (κ2) is 39.0. The Kier molecular flexibility index (Phi) is 33.5. The third-order valence-electron chi connectivity index (χ3n) is 14.0. The summed E-state index contributed by atoms with van der Waals surface area (Å²) in [6.45, 7) is 23.4. The lowest BCUT2D eigenvalue weighted by atomic mass is 9.99. The van der Waals surface area contributed by atoms with E-state index in [1.54, 1.807) is 130 Å². The molecule has 536 valence electrons. The molecule has 0 aliphatic heterocycles. The summed E-state index contributed by atoms with van der Waals surface area (Å²) in [5.41, 5.74) is 7.85. The van der Waals surface area contributed by atoms with Crippen molar-refractivity contribution < 1.29 is 57.2 Å². The van der Waals surface area contributed by atoms with E-state index in [2.05, 4.69) is 83.7 Å². The molecule has 0 saturated carbocycles. The molecule has 4 heterocycles. The number of carbonyl (C=O) groups excluding carboxylic acids is 6. The molecule has 0 aliphatic carbocycles. The molecule has 3 N–H and O–H groups in total. The number of esters is 3. The maximum atomic E-state index is 12.5. The van der Waals surface area contributed by atoms with Crippen molar-refractivity contribution in [2.75, 3.05) is 21.3 Å². The molecule has 0 fully saturated rings. The van der Waals surface area contributed by atoms with Gasteiger partial charge in [0, 0.05) is 97.1 Å². The summed E-state index contributed by atoms with van der Waals surface area (Å²) < 4.78 is 39.2. The highest BCUT2D eigenvalue weighted by molar-refractivity contribution is 14.1.